The fraction of sp³-hybridized carbons (Fsp3) is 0. The molecule has 18 heavy (non-hydrogen) atoms. The first-order chi connectivity index (χ1) is 8.95. The van der Waals surface area contributed by atoms with Crippen LogP contribution in [0.25, 0.3) is 21.8 Å². The SMILES string of the molecule is c1c[nH]c2ccc3ccnc3c2c1.c1c[nH]cn1. The van der Waals surface area contributed by atoms with Gasteiger partial charge in [-0.25, -0.2) is 4.98 Å². The molecule has 0 aliphatic rings. The molecule has 0 atom stereocenters. The maximum Gasteiger partial charge on any atom is 0.0919 e. The van der Waals surface area contributed by atoms with Crippen LogP contribution >= 0.6 is 0 Å². The largest absolute Gasteiger partial charge is 0.361 e. The third-order valence-electron chi connectivity index (χ3n) is 2.71. The van der Waals surface area contributed by atoms with Gasteiger partial charge in [0.05, 0.1) is 11.8 Å². The van der Waals surface area contributed by atoms with E-state index in [0.717, 1.165) is 11.0 Å². The fourth-order valence-electron chi connectivity index (χ4n) is 1.89. The Bertz CT molecular complexity index is 723. The normalized spacial score (nSPS) is 10.2. The van der Waals surface area contributed by atoms with Crippen LogP contribution < -0.4 is 0 Å². The van der Waals surface area contributed by atoms with Gasteiger partial charge in [-0.2, -0.15) is 0 Å². The van der Waals surface area contributed by atoms with Crippen molar-refractivity contribution >= 4 is 21.8 Å². The second kappa shape index (κ2) is 4.71. The molecular weight excluding hydrogens is 224 g/mol. The van der Waals surface area contributed by atoms with E-state index in [1.807, 2.05) is 24.5 Å². The summed E-state index contributed by atoms with van der Waals surface area (Å²) in [6, 6.07) is 10.3. The Morgan fingerprint density at radius 2 is 1.94 bits per heavy atom. The highest BCUT2D eigenvalue weighted by molar-refractivity contribution is 6.03. The number of aromatic amines is 2. The summed E-state index contributed by atoms with van der Waals surface area (Å²) in [6.07, 6.45) is 8.86. The lowest BCUT2D eigenvalue weighted by Crippen LogP contribution is -1.77. The predicted molar refractivity (Wildman–Crippen MR) is 72.2 cm³/mol. The van der Waals surface area contributed by atoms with Crippen LogP contribution in [0, 0.1) is 0 Å². The van der Waals surface area contributed by atoms with Crippen molar-refractivity contribution in [2.45, 2.75) is 0 Å². The maximum atomic E-state index is 4.33. The first-order valence-corrected chi connectivity index (χ1v) is 5.69. The Labute approximate surface area is 104 Å². The van der Waals surface area contributed by atoms with Crippen molar-refractivity contribution in [2.24, 2.45) is 0 Å². The van der Waals surface area contributed by atoms with Crippen molar-refractivity contribution in [3.63, 3.8) is 0 Å². The number of imidazole rings is 1. The molecular formula is C14H12N4. The lowest BCUT2D eigenvalue weighted by atomic mass is 10.1. The molecule has 0 radical (unpaired) electrons. The van der Waals surface area contributed by atoms with E-state index in [1.165, 1.54) is 10.8 Å². The van der Waals surface area contributed by atoms with Crippen molar-refractivity contribution < 1.29 is 0 Å². The highest BCUT2D eigenvalue weighted by Gasteiger charge is 2.00. The van der Waals surface area contributed by atoms with E-state index < -0.39 is 0 Å². The fourth-order valence-corrected chi connectivity index (χ4v) is 1.89. The molecule has 3 aromatic heterocycles. The smallest absolute Gasteiger partial charge is 0.0919 e. The van der Waals surface area contributed by atoms with Crippen LogP contribution in [0.2, 0.25) is 0 Å². The molecule has 4 nitrogen and oxygen atoms in total. The minimum atomic E-state index is 1.08. The van der Waals surface area contributed by atoms with Crippen molar-refractivity contribution in [3.05, 3.63) is 61.4 Å². The molecule has 4 aromatic rings. The quantitative estimate of drug-likeness (QED) is 0.493. The van der Waals surface area contributed by atoms with Gasteiger partial charge in [0.1, 0.15) is 0 Å². The molecule has 1 aromatic carbocycles. The predicted octanol–water partition coefficient (Wildman–Crippen LogP) is 3.13. The maximum absolute atomic E-state index is 4.33. The zero-order valence-corrected chi connectivity index (χ0v) is 9.67. The highest BCUT2D eigenvalue weighted by Crippen LogP contribution is 2.21. The van der Waals surface area contributed by atoms with Gasteiger partial charge in [-0.3, -0.25) is 4.98 Å². The molecule has 2 N–H and O–H groups in total. The monoisotopic (exact) mass is 236 g/mol. The van der Waals surface area contributed by atoms with Gasteiger partial charge >= 0.3 is 0 Å². The van der Waals surface area contributed by atoms with Gasteiger partial charge in [-0.05, 0) is 24.3 Å². The minimum Gasteiger partial charge on any atom is -0.361 e. The molecule has 0 unspecified atom stereocenters. The number of benzene rings is 1. The van der Waals surface area contributed by atoms with Gasteiger partial charge in [0, 0.05) is 41.1 Å². The molecule has 0 saturated heterocycles. The minimum absolute atomic E-state index is 1.08. The number of aromatic nitrogens is 4. The number of fused-ring (bicyclic) bond motifs is 3. The zero-order valence-electron chi connectivity index (χ0n) is 9.67. The van der Waals surface area contributed by atoms with Gasteiger partial charge < -0.3 is 9.97 Å². The average Bonchev–Trinajstić information content (AvgIpc) is 3.12. The standard InChI is InChI=1S/C11H8N2.C3H4N2/c1-2-9-10(12-6-1)4-3-8-5-7-13-11(8)9;1-2-5-3-4-1/h1-7,12H;1-3H,(H,4,5). The van der Waals surface area contributed by atoms with E-state index in [-0.39, 0.29) is 0 Å². The van der Waals surface area contributed by atoms with Crippen LogP contribution in [-0.2, 0) is 0 Å². The lowest BCUT2D eigenvalue weighted by Gasteiger charge is -1.97. The number of hydrogen-bond acceptors (Lipinski definition) is 2. The summed E-state index contributed by atoms with van der Waals surface area (Å²) in [6.45, 7) is 0. The molecule has 3 heterocycles. The van der Waals surface area contributed by atoms with Gasteiger partial charge in [0.25, 0.3) is 0 Å². The summed E-state index contributed by atoms with van der Waals surface area (Å²) in [5.74, 6) is 0. The van der Waals surface area contributed by atoms with E-state index in [2.05, 4.69) is 38.1 Å². The summed E-state index contributed by atoms with van der Waals surface area (Å²) in [7, 11) is 0. The molecule has 0 fully saturated rings. The van der Waals surface area contributed by atoms with Crippen LogP contribution in [0.5, 0.6) is 0 Å². The van der Waals surface area contributed by atoms with Crippen LogP contribution in [0.15, 0.2) is 61.4 Å². The Morgan fingerprint density at radius 1 is 0.944 bits per heavy atom. The molecule has 0 saturated carbocycles. The Morgan fingerprint density at radius 3 is 2.72 bits per heavy atom. The average molecular weight is 236 g/mol. The first-order valence-electron chi connectivity index (χ1n) is 5.69. The molecule has 0 bridgehead atoms. The van der Waals surface area contributed by atoms with E-state index >= 15 is 0 Å². The van der Waals surface area contributed by atoms with Gasteiger partial charge in [-0.15, -0.1) is 0 Å². The van der Waals surface area contributed by atoms with Gasteiger partial charge in [0.15, 0.2) is 0 Å². The number of nitrogens with one attached hydrogen (secondary N) is 2. The molecule has 4 heteroatoms. The Kier molecular flexibility index (Phi) is 2.75. The van der Waals surface area contributed by atoms with Crippen LogP contribution in [0.1, 0.15) is 0 Å². The van der Waals surface area contributed by atoms with Crippen molar-refractivity contribution in [3.8, 4) is 0 Å². The first kappa shape index (κ1) is 10.5. The Hall–Kier alpha value is -2.62. The summed E-state index contributed by atoms with van der Waals surface area (Å²) in [4.78, 5) is 13.9. The van der Waals surface area contributed by atoms with Crippen molar-refractivity contribution in [1.29, 1.82) is 0 Å². The van der Waals surface area contributed by atoms with Crippen molar-refractivity contribution in [2.75, 3.05) is 0 Å². The number of H-pyrrole nitrogens is 2. The topological polar surface area (TPSA) is 57.4 Å². The Balaban J connectivity index is 0.000000169. The van der Waals surface area contributed by atoms with E-state index in [1.54, 1.807) is 18.7 Å². The van der Waals surface area contributed by atoms with Crippen molar-refractivity contribution in [1.82, 2.24) is 19.9 Å². The summed E-state index contributed by atoms with van der Waals surface area (Å²) >= 11 is 0. The third kappa shape index (κ3) is 1.96. The molecule has 88 valence electrons. The second-order valence-corrected chi connectivity index (χ2v) is 3.84. The van der Waals surface area contributed by atoms with Crippen LogP contribution in [0.3, 0.4) is 0 Å². The third-order valence-corrected chi connectivity index (χ3v) is 2.71. The van der Waals surface area contributed by atoms with E-state index in [4.69, 9.17) is 0 Å². The molecule has 0 spiro atoms. The molecule has 0 aliphatic carbocycles. The summed E-state index contributed by atoms with van der Waals surface area (Å²) < 4.78 is 0. The van der Waals surface area contributed by atoms with E-state index in [9.17, 15) is 0 Å². The lowest BCUT2D eigenvalue weighted by molar-refractivity contribution is 1.31. The van der Waals surface area contributed by atoms with Gasteiger partial charge in [0.2, 0.25) is 0 Å². The molecule has 0 amide bonds. The number of pyridine rings is 1. The number of rotatable bonds is 0. The molecule has 4 rings (SSSR count). The van der Waals surface area contributed by atoms with E-state index in [0.29, 0.717) is 0 Å². The van der Waals surface area contributed by atoms with Crippen LogP contribution in [0.4, 0.5) is 0 Å². The second-order valence-electron chi connectivity index (χ2n) is 3.84. The summed E-state index contributed by atoms with van der Waals surface area (Å²) in [5.41, 5.74) is 2.21. The number of nitrogens with zero attached hydrogens (tertiary/aromatic N) is 2. The van der Waals surface area contributed by atoms with Crippen LogP contribution in [-0.4, -0.2) is 19.9 Å². The zero-order chi connectivity index (χ0) is 12.2. The summed E-state index contributed by atoms with van der Waals surface area (Å²) in [5, 5.41) is 2.39. The molecule has 0 aliphatic heterocycles. The number of hydrogen-bond donors (Lipinski definition) is 2. The van der Waals surface area contributed by atoms with Gasteiger partial charge in [-0.1, -0.05) is 6.07 Å². The highest BCUT2D eigenvalue weighted by atomic mass is 14.8.